The number of hydrogen-bond donors (Lipinski definition) is 2. The van der Waals surface area contributed by atoms with E-state index in [1.807, 2.05) is 48.5 Å². The van der Waals surface area contributed by atoms with Crippen LogP contribution in [-0.2, 0) is 13.0 Å². The number of halogens is 2. The van der Waals surface area contributed by atoms with Crippen molar-refractivity contribution < 1.29 is 9.47 Å². The molecule has 48 heavy (non-hydrogen) atoms. The number of benzene rings is 4. The minimum absolute atomic E-state index is 0.271. The molecule has 2 heterocycles. The predicted molar refractivity (Wildman–Crippen MR) is 194 cm³/mol. The molecule has 5 aromatic rings. The first kappa shape index (κ1) is 33.1. The molecule has 1 aliphatic rings. The highest BCUT2D eigenvalue weighted by atomic mass is 35.5. The van der Waals surface area contributed by atoms with Crippen LogP contribution in [0.3, 0.4) is 0 Å². The van der Waals surface area contributed by atoms with Gasteiger partial charge in [-0.25, -0.2) is 5.43 Å². The van der Waals surface area contributed by atoms with Crippen LogP contribution in [0.4, 0.5) is 23.5 Å². The number of rotatable bonds is 12. The molecule has 1 saturated heterocycles. The van der Waals surface area contributed by atoms with Crippen LogP contribution in [-0.4, -0.2) is 41.4 Å². The lowest BCUT2D eigenvalue weighted by atomic mass is 9.90. The summed E-state index contributed by atoms with van der Waals surface area (Å²) in [6, 6.07) is 29.7. The van der Waals surface area contributed by atoms with E-state index in [9.17, 15) is 0 Å². The zero-order valence-corrected chi connectivity index (χ0v) is 28.4. The Bertz CT molecular complexity index is 1850. The molecule has 9 nitrogen and oxygen atoms in total. The first-order valence-corrected chi connectivity index (χ1v) is 16.6. The number of aromatic nitrogens is 3. The van der Waals surface area contributed by atoms with Crippen LogP contribution < -0.4 is 25.1 Å². The smallest absolute Gasteiger partial charge is 0.250 e. The second kappa shape index (κ2) is 15.8. The summed E-state index contributed by atoms with van der Waals surface area (Å²) in [6.07, 6.45) is 4.89. The maximum Gasteiger partial charge on any atom is 0.250 e. The van der Waals surface area contributed by atoms with Crippen molar-refractivity contribution in [1.29, 1.82) is 0 Å². The fraction of sp³-hybridized carbons (Fsp3) is 0.243. The van der Waals surface area contributed by atoms with Gasteiger partial charge in [-0.1, -0.05) is 77.3 Å². The number of hydrogen-bond acceptors (Lipinski definition) is 9. The van der Waals surface area contributed by atoms with Gasteiger partial charge in [-0.3, -0.25) is 0 Å². The quantitative estimate of drug-likeness (QED) is 0.0997. The van der Waals surface area contributed by atoms with Gasteiger partial charge < -0.3 is 19.7 Å². The van der Waals surface area contributed by atoms with Gasteiger partial charge in [-0.05, 0) is 85.7 Å². The van der Waals surface area contributed by atoms with Gasteiger partial charge in [0.15, 0.2) is 11.5 Å². The number of methoxy groups -OCH3 is 1. The molecule has 0 atom stereocenters. The van der Waals surface area contributed by atoms with Crippen molar-refractivity contribution in [2.45, 2.75) is 32.8 Å². The minimum atomic E-state index is 0.271. The van der Waals surface area contributed by atoms with E-state index in [1.165, 1.54) is 11.1 Å². The van der Waals surface area contributed by atoms with E-state index in [4.69, 9.17) is 42.6 Å². The van der Waals surface area contributed by atoms with Crippen molar-refractivity contribution in [3.05, 3.63) is 123 Å². The van der Waals surface area contributed by atoms with Crippen molar-refractivity contribution >= 4 is 52.9 Å². The molecule has 2 N–H and O–H groups in total. The molecule has 4 aromatic carbocycles. The fourth-order valence-electron chi connectivity index (χ4n) is 5.51. The molecule has 1 fully saturated rings. The molecular weight excluding hydrogens is 645 g/mol. The molecule has 0 saturated carbocycles. The number of nitrogens with one attached hydrogen (secondary N) is 2. The van der Waals surface area contributed by atoms with Crippen LogP contribution >= 0.6 is 23.2 Å². The minimum Gasteiger partial charge on any atom is -0.493 e. The first-order chi connectivity index (χ1) is 23.4. The summed E-state index contributed by atoms with van der Waals surface area (Å²) in [7, 11) is 1.59. The van der Waals surface area contributed by atoms with Crippen LogP contribution in [0.2, 0.25) is 10.0 Å². The Hall–Kier alpha value is -4.86. The van der Waals surface area contributed by atoms with Crippen molar-refractivity contribution in [2.75, 3.05) is 35.8 Å². The highest BCUT2D eigenvalue weighted by Gasteiger charge is 2.22. The van der Waals surface area contributed by atoms with Gasteiger partial charge >= 0.3 is 0 Å². The molecule has 1 aliphatic heterocycles. The number of nitrogens with zero attached hydrogens (tertiary/aromatic N) is 5. The normalized spacial score (nSPS) is 13.5. The zero-order chi connectivity index (χ0) is 33.3. The van der Waals surface area contributed by atoms with Crippen molar-refractivity contribution in [3.8, 4) is 11.5 Å². The lowest BCUT2D eigenvalue weighted by Gasteiger charge is -2.32. The maximum absolute atomic E-state index is 6.30. The number of anilines is 4. The lowest BCUT2D eigenvalue weighted by molar-refractivity contribution is 0.284. The van der Waals surface area contributed by atoms with E-state index in [0.29, 0.717) is 45.3 Å². The van der Waals surface area contributed by atoms with E-state index in [0.717, 1.165) is 49.2 Å². The average Bonchev–Trinajstić information content (AvgIpc) is 3.10. The first-order valence-electron chi connectivity index (χ1n) is 15.8. The Morgan fingerprint density at radius 1 is 0.875 bits per heavy atom. The third-order valence-corrected chi connectivity index (χ3v) is 8.75. The van der Waals surface area contributed by atoms with E-state index in [1.54, 1.807) is 25.5 Å². The van der Waals surface area contributed by atoms with E-state index in [-0.39, 0.29) is 6.61 Å². The van der Waals surface area contributed by atoms with E-state index >= 15 is 0 Å². The fourth-order valence-corrected chi connectivity index (χ4v) is 5.97. The molecule has 1 aromatic heterocycles. The third kappa shape index (κ3) is 8.93. The van der Waals surface area contributed by atoms with Gasteiger partial charge in [0.2, 0.25) is 17.8 Å². The molecular formula is C37H37Cl2N7O2. The Morgan fingerprint density at radius 2 is 1.65 bits per heavy atom. The largest absolute Gasteiger partial charge is 0.493 e. The van der Waals surface area contributed by atoms with Crippen molar-refractivity contribution in [3.63, 3.8) is 0 Å². The number of hydrazone groups is 1. The van der Waals surface area contributed by atoms with Gasteiger partial charge in [0, 0.05) is 34.4 Å². The van der Waals surface area contributed by atoms with Crippen LogP contribution in [0, 0.1) is 12.8 Å². The molecule has 0 spiro atoms. The van der Waals surface area contributed by atoms with E-state index < -0.39 is 0 Å². The predicted octanol–water partition coefficient (Wildman–Crippen LogP) is 8.72. The molecule has 0 bridgehead atoms. The lowest BCUT2D eigenvalue weighted by Crippen LogP contribution is -2.35. The number of piperidine rings is 1. The second-order valence-electron chi connectivity index (χ2n) is 11.7. The SMILES string of the molecule is COc1cc(C=NNc2nc(Nc3ccc(C)cc3)nc(N3CCC(Cc4ccccc4)CC3)n2)ccc1OCc1ccc(Cl)cc1Cl. The van der Waals surface area contributed by atoms with Gasteiger partial charge in [0.25, 0.3) is 0 Å². The zero-order valence-electron chi connectivity index (χ0n) is 26.9. The van der Waals surface area contributed by atoms with Crippen LogP contribution in [0.25, 0.3) is 0 Å². The summed E-state index contributed by atoms with van der Waals surface area (Å²) in [4.78, 5) is 16.4. The molecule has 0 unspecified atom stereocenters. The van der Waals surface area contributed by atoms with Gasteiger partial charge in [-0.15, -0.1) is 0 Å². The summed E-state index contributed by atoms with van der Waals surface area (Å²) >= 11 is 12.3. The molecule has 6 rings (SSSR count). The molecule has 0 amide bonds. The second-order valence-corrected chi connectivity index (χ2v) is 12.5. The summed E-state index contributed by atoms with van der Waals surface area (Å²) in [5.41, 5.74) is 8.07. The van der Waals surface area contributed by atoms with E-state index in [2.05, 4.69) is 63.0 Å². The van der Waals surface area contributed by atoms with Gasteiger partial charge in [-0.2, -0.15) is 20.1 Å². The number of aryl methyl sites for hydroxylation is 1. The average molecular weight is 683 g/mol. The Labute approximate surface area is 291 Å². The monoisotopic (exact) mass is 681 g/mol. The Kier molecular flexibility index (Phi) is 10.9. The van der Waals surface area contributed by atoms with Crippen molar-refractivity contribution in [2.24, 2.45) is 11.0 Å². The van der Waals surface area contributed by atoms with Crippen LogP contribution in [0.5, 0.6) is 11.5 Å². The maximum atomic E-state index is 6.30. The molecule has 0 aliphatic carbocycles. The summed E-state index contributed by atoms with van der Waals surface area (Å²) in [5, 5.41) is 8.88. The number of ether oxygens (including phenoxy) is 2. The highest BCUT2D eigenvalue weighted by molar-refractivity contribution is 6.35. The summed E-state index contributed by atoms with van der Waals surface area (Å²) in [6.45, 7) is 4.06. The Balaban J connectivity index is 1.14. The van der Waals surface area contributed by atoms with Crippen LogP contribution in [0.15, 0.2) is 96.1 Å². The Morgan fingerprint density at radius 3 is 2.40 bits per heavy atom. The van der Waals surface area contributed by atoms with Crippen molar-refractivity contribution in [1.82, 2.24) is 15.0 Å². The summed E-state index contributed by atoms with van der Waals surface area (Å²) in [5.74, 6) is 3.16. The van der Waals surface area contributed by atoms with Gasteiger partial charge in [0.05, 0.1) is 13.3 Å². The standard InChI is InChI=1S/C37H37Cl2N7O2/c1-25-8-13-31(14-9-25)41-35-42-36(44-37(43-35)46-18-16-27(17-19-46)20-26-6-4-3-5-7-26)45-40-23-28-10-15-33(34(21-28)47-2)48-24-29-11-12-30(38)22-32(29)39/h3-15,21-23,27H,16-20,24H2,1-2H3,(H2,41,42,43,44,45). The van der Waals surface area contributed by atoms with Crippen LogP contribution in [0.1, 0.15) is 35.1 Å². The topological polar surface area (TPSA) is 96.8 Å². The van der Waals surface area contributed by atoms with Gasteiger partial charge in [0.1, 0.15) is 6.61 Å². The molecule has 11 heteroatoms. The molecule has 246 valence electrons. The summed E-state index contributed by atoms with van der Waals surface area (Å²) < 4.78 is 11.6. The molecule has 0 radical (unpaired) electrons. The third-order valence-electron chi connectivity index (χ3n) is 8.16. The highest BCUT2D eigenvalue weighted by Crippen LogP contribution is 2.30.